The van der Waals surface area contributed by atoms with Crippen molar-refractivity contribution in [1.82, 2.24) is 10.6 Å². The van der Waals surface area contributed by atoms with E-state index in [4.69, 9.17) is 9.11 Å². The lowest BCUT2D eigenvalue weighted by Gasteiger charge is -2.17. The highest BCUT2D eigenvalue weighted by atomic mass is 33.4. The predicted octanol–water partition coefficient (Wildman–Crippen LogP) is 7.63. The lowest BCUT2D eigenvalue weighted by atomic mass is 10.0. The monoisotopic (exact) mass is 1080 g/mol. The van der Waals surface area contributed by atoms with Gasteiger partial charge in [-0.25, -0.2) is 0 Å². The van der Waals surface area contributed by atoms with Crippen molar-refractivity contribution in [3.05, 3.63) is 24.8 Å². The summed E-state index contributed by atoms with van der Waals surface area (Å²) >= 11 is 10.5. The van der Waals surface area contributed by atoms with Crippen LogP contribution in [0.4, 0.5) is 0 Å². The Morgan fingerprint density at radius 3 is 1.58 bits per heavy atom. The molecule has 0 saturated carbocycles. The number of ketones is 2. The summed E-state index contributed by atoms with van der Waals surface area (Å²) in [5, 5.41) is 5.70. The number of thioether (sulfide) groups is 1. The first-order valence-electron chi connectivity index (χ1n) is 20.5. The minimum atomic E-state index is -4.00. The second kappa shape index (κ2) is 45.8. The molecule has 0 rings (SSSR count). The molecule has 0 aliphatic rings. The standard InChI is InChI=1S/C19H35NO2.C17H33NO5S2.C3H6O3S.S8/c1-16(2)12-8-6-5-7-11-15-20-19(22)14-10-9-13-18(21)17(3)4;1-13(2)6-5-9-18-17(20)8-7-15(12-16(19)14(3)4)24-10-11-25(21,22)23;1-2-3-7(4,5)6;1-3-5-7-8-6-4-2/h9-10,16-17H,5-8,11-15H2,1-4H3,(H,20,22);13-15H,5-12H2,1-4H3,(H,18,20)(H,21,22,23);2H,1,3H2,(H,4,5,6);/b10-9+;;;. The van der Waals surface area contributed by atoms with Crippen molar-refractivity contribution >= 4 is 131 Å². The van der Waals surface area contributed by atoms with Gasteiger partial charge in [0, 0.05) is 137 Å². The van der Waals surface area contributed by atoms with E-state index >= 15 is 0 Å². The Hall–Kier alpha value is -0.310. The van der Waals surface area contributed by atoms with Gasteiger partial charge in [0.2, 0.25) is 11.8 Å². The van der Waals surface area contributed by atoms with Crippen molar-refractivity contribution in [1.29, 1.82) is 0 Å². The number of Topliss-reactive ketones (excluding diaryl/α,β-unsaturated/α-hetero) is 2. The van der Waals surface area contributed by atoms with E-state index in [0.29, 0.717) is 44.6 Å². The Morgan fingerprint density at radius 2 is 1.11 bits per heavy atom. The highest BCUT2D eigenvalue weighted by Gasteiger charge is 2.19. The fraction of sp³-hybridized carbons (Fsp3) is 0.795. The van der Waals surface area contributed by atoms with Crippen molar-refractivity contribution in [3.8, 4) is 0 Å². The van der Waals surface area contributed by atoms with Crippen LogP contribution in [0.25, 0.3) is 0 Å². The van der Waals surface area contributed by atoms with Gasteiger partial charge in [-0.1, -0.05) is 106 Å². The minimum absolute atomic E-state index is 0.0406. The maximum atomic E-state index is 12.0. The van der Waals surface area contributed by atoms with Crippen LogP contribution in [0.15, 0.2) is 24.8 Å². The lowest BCUT2D eigenvalue weighted by molar-refractivity contribution is -0.123. The molecule has 0 aromatic carbocycles. The number of carbonyl (C=O) groups is 4. The first-order chi connectivity index (χ1) is 28.9. The second-order valence-corrected chi connectivity index (χ2v) is 30.4. The van der Waals surface area contributed by atoms with Gasteiger partial charge in [-0.3, -0.25) is 28.3 Å². The molecule has 1 unspecified atom stereocenters. The van der Waals surface area contributed by atoms with Gasteiger partial charge in [-0.15, -0.1) is 6.58 Å². The van der Waals surface area contributed by atoms with Gasteiger partial charge in [-0.2, -0.15) is 28.6 Å². The van der Waals surface area contributed by atoms with Crippen LogP contribution in [-0.2, 0) is 115 Å². The quantitative estimate of drug-likeness (QED) is 0.0324. The molecule has 12 nitrogen and oxygen atoms in total. The molecule has 0 saturated heterocycles. The van der Waals surface area contributed by atoms with Crippen LogP contribution in [0, 0.1) is 23.7 Å². The molecule has 0 spiro atoms. The van der Waals surface area contributed by atoms with Gasteiger partial charge in [0.25, 0.3) is 20.2 Å². The number of nitrogens with one attached hydrogen (secondary N) is 2. The smallest absolute Gasteiger partial charge is 0.268 e. The summed E-state index contributed by atoms with van der Waals surface area (Å²) in [6.07, 6.45) is 16.1. The molecule has 62 heavy (non-hydrogen) atoms. The Balaban J connectivity index is -0.000000410. The summed E-state index contributed by atoms with van der Waals surface area (Å²) in [5.41, 5.74) is 0. The van der Waals surface area contributed by atoms with Gasteiger partial charge in [-0.05, 0) is 37.5 Å². The summed E-state index contributed by atoms with van der Waals surface area (Å²) in [5.74, 6) is 1.23. The van der Waals surface area contributed by atoms with Crippen LogP contribution in [0.3, 0.4) is 0 Å². The van der Waals surface area contributed by atoms with Gasteiger partial charge in [0.15, 0.2) is 0 Å². The summed E-state index contributed by atoms with van der Waals surface area (Å²) in [4.78, 5) is 46.8. The zero-order valence-electron chi connectivity index (χ0n) is 37.7. The molecule has 0 aliphatic heterocycles. The SMILES string of the molecule is C=CCS(=O)(=O)O.CC(C)CCCCCCCNC(=O)C/C=C/CC(=O)C(C)C.CC(C)CCCNC(=O)CCC(CC(=O)C(C)C)SCCS(=O)(=O)O.S=S=S=S=S=S=S=S. The number of allylic oxidation sites excluding steroid dienone is 1. The average molecular weight is 1080 g/mol. The molecule has 0 bridgehead atoms. The van der Waals surface area contributed by atoms with E-state index in [1.165, 1.54) is 61.6 Å². The number of carbonyl (C=O) groups excluding carboxylic acids is 4. The summed E-state index contributed by atoms with van der Waals surface area (Å²) in [6.45, 7) is 20.8. The second-order valence-electron chi connectivity index (χ2n) is 15.3. The molecule has 23 heteroatoms. The van der Waals surface area contributed by atoms with E-state index < -0.39 is 20.2 Å². The molecular weight excluding hydrogens is 1010 g/mol. The first kappa shape index (κ1) is 68.3. The molecule has 0 aromatic rings. The largest absolute Gasteiger partial charge is 0.356 e. The van der Waals surface area contributed by atoms with Crippen LogP contribution >= 0.6 is 11.8 Å². The molecule has 366 valence electrons. The normalized spacial score (nSPS) is 11.5. The third-order valence-electron chi connectivity index (χ3n) is 7.92. The van der Waals surface area contributed by atoms with E-state index in [9.17, 15) is 36.0 Å². The Kier molecular flexibility index (Phi) is 50.5. The van der Waals surface area contributed by atoms with Gasteiger partial charge < -0.3 is 10.6 Å². The van der Waals surface area contributed by atoms with Crippen LogP contribution in [0.2, 0.25) is 0 Å². The highest BCUT2D eigenvalue weighted by molar-refractivity contribution is 8.70. The van der Waals surface area contributed by atoms with Gasteiger partial charge in [0.05, 0.1) is 11.5 Å². The van der Waals surface area contributed by atoms with Crippen LogP contribution < -0.4 is 10.6 Å². The molecule has 0 aromatic heterocycles. The minimum Gasteiger partial charge on any atom is -0.356 e. The van der Waals surface area contributed by atoms with E-state index in [2.05, 4.69) is 67.3 Å². The summed E-state index contributed by atoms with van der Waals surface area (Å²) in [7, 11) is 1.33. The number of rotatable bonds is 29. The van der Waals surface area contributed by atoms with E-state index in [1.54, 1.807) is 47.7 Å². The van der Waals surface area contributed by atoms with Gasteiger partial charge >= 0.3 is 0 Å². The van der Waals surface area contributed by atoms with Crippen LogP contribution in [-0.4, -0.2) is 84.9 Å². The number of unbranched alkanes of at least 4 members (excludes halogenated alkanes) is 4. The van der Waals surface area contributed by atoms with Crippen molar-refractivity contribution < 1.29 is 45.1 Å². The molecule has 0 radical (unpaired) electrons. The fourth-order valence-electron chi connectivity index (χ4n) is 4.47. The van der Waals surface area contributed by atoms with Crippen molar-refractivity contribution in [3.63, 3.8) is 0 Å². The highest BCUT2D eigenvalue weighted by Crippen LogP contribution is 2.22. The van der Waals surface area contributed by atoms with E-state index in [0.717, 1.165) is 37.8 Å². The number of amides is 2. The van der Waals surface area contributed by atoms with Crippen LogP contribution in [0.1, 0.15) is 139 Å². The van der Waals surface area contributed by atoms with E-state index in [1.807, 2.05) is 27.7 Å². The molecule has 0 heterocycles. The molecule has 2 amide bonds. The fourth-order valence-corrected chi connectivity index (χ4v) is 17.9. The maximum Gasteiger partial charge on any atom is 0.268 e. The zero-order chi connectivity index (χ0) is 48.4. The third kappa shape index (κ3) is 61.8. The molecular formula is C39H74N2O10S11. The van der Waals surface area contributed by atoms with Crippen LogP contribution in [0.5, 0.6) is 0 Å². The van der Waals surface area contributed by atoms with Crippen molar-refractivity contribution in [2.45, 2.75) is 144 Å². The Morgan fingerprint density at radius 1 is 0.629 bits per heavy atom. The van der Waals surface area contributed by atoms with Gasteiger partial charge in [0.1, 0.15) is 11.6 Å². The van der Waals surface area contributed by atoms with Crippen molar-refractivity contribution in [2.24, 2.45) is 23.7 Å². The topological polar surface area (TPSA) is 201 Å². The maximum absolute atomic E-state index is 12.0. The lowest BCUT2D eigenvalue weighted by Crippen LogP contribution is -2.26. The third-order valence-corrected chi connectivity index (χ3v) is 22.0. The first-order valence-corrected chi connectivity index (χ1v) is 34.1. The zero-order valence-corrected chi connectivity index (χ0v) is 46.7. The van der Waals surface area contributed by atoms with E-state index in [-0.39, 0.29) is 57.7 Å². The Bertz CT molecular complexity index is 1740. The molecule has 1 atom stereocenters. The molecule has 0 aliphatic carbocycles. The summed E-state index contributed by atoms with van der Waals surface area (Å²) < 4.78 is 57.8. The molecule has 4 N–H and O–H groups in total. The van der Waals surface area contributed by atoms with Crippen molar-refractivity contribution in [2.75, 3.05) is 30.3 Å². The average Bonchev–Trinajstić information content (AvgIpc) is 3.16. The Labute approximate surface area is 406 Å². The summed E-state index contributed by atoms with van der Waals surface area (Å²) in [6, 6.07) is 0. The molecule has 0 fully saturated rings. The predicted molar refractivity (Wildman–Crippen MR) is 283 cm³/mol. The number of hydrogen-bond donors (Lipinski definition) is 4. The number of hydrogen-bond acceptors (Lipinski definition) is 11.